The van der Waals surface area contributed by atoms with Crippen LogP contribution >= 0.6 is 0 Å². The zero-order chi connectivity index (χ0) is 20.7. The molecule has 0 aliphatic rings. The first-order chi connectivity index (χ1) is 13.3. The predicted molar refractivity (Wildman–Crippen MR) is 105 cm³/mol. The topological polar surface area (TPSA) is 143 Å². The molecule has 2 amide bonds. The molecule has 0 unspecified atom stereocenters. The molecule has 2 rings (SSSR count). The number of hydrogen-bond acceptors (Lipinski definition) is 7. The van der Waals surface area contributed by atoms with E-state index in [1.807, 2.05) is 0 Å². The lowest BCUT2D eigenvalue weighted by Crippen LogP contribution is -2.27. The van der Waals surface area contributed by atoms with Crippen molar-refractivity contribution in [2.75, 3.05) is 14.2 Å². The van der Waals surface area contributed by atoms with Gasteiger partial charge in [-0.15, -0.1) is 0 Å². The Labute approximate surface area is 162 Å². The van der Waals surface area contributed by atoms with E-state index in [1.54, 1.807) is 44.5 Å². The van der Waals surface area contributed by atoms with Gasteiger partial charge in [0, 0.05) is 36.6 Å². The lowest BCUT2D eigenvalue weighted by Gasteiger charge is -2.14. The van der Waals surface area contributed by atoms with Crippen LogP contribution in [0.25, 0.3) is 10.9 Å². The molecule has 0 atom stereocenters. The van der Waals surface area contributed by atoms with Crippen molar-refractivity contribution >= 4 is 23.2 Å². The van der Waals surface area contributed by atoms with Gasteiger partial charge in [-0.3, -0.25) is 19.6 Å². The summed E-state index contributed by atoms with van der Waals surface area (Å²) >= 11 is 0. The molecule has 0 aliphatic heterocycles. The fraction of sp³-hybridized carbons (Fsp3) is 0.167. The molecular weight excluding hydrogens is 362 g/mol. The molecule has 2 aromatic rings. The Morgan fingerprint density at radius 2 is 2.14 bits per heavy atom. The average Bonchev–Trinajstić information content (AvgIpc) is 3.10. The monoisotopic (exact) mass is 385 g/mol. The van der Waals surface area contributed by atoms with Gasteiger partial charge in [0.25, 0.3) is 5.91 Å². The van der Waals surface area contributed by atoms with Crippen molar-refractivity contribution in [1.29, 1.82) is 0 Å². The molecule has 0 saturated heterocycles. The standard InChI is InChI=1S/C18H23N7O3/c1-12(5-4-6-25(11-26)17(19)10-24(2)20)22-18(27)14-7-13-9-21-23-15(13)8-16(14)28-3/h4-11H,19-20H2,1-3H3,(H,21,23)(H,22,27)/b6-4-,12-5+,17-10+. The number of ether oxygens (including phenoxy) is 1. The third kappa shape index (κ3) is 5.11. The van der Waals surface area contributed by atoms with Gasteiger partial charge in [0.2, 0.25) is 6.41 Å². The van der Waals surface area contributed by atoms with Gasteiger partial charge in [-0.05, 0) is 25.1 Å². The van der Waals surface area contributed by atoms with Crippen LogP contribution in [0.3, 0.4) is 0 Å². The number of hydrazine groups is 1. The molecule has 0 saturated carbocycles. The molecule has 0 bridgehead atoms. The first kappa shape index (κ1) is 20.5. The van der Waals surface area contributed by atoms with Crippen molar-refractivity contribution in [2.45, 2.75) is 6.92 Å². The number of amides is 2. The number of aromatic amines is 1. The molecule has 1 aromatic carbocycles. The number of methoxy groups -OCH3 is 1. The summed E-state index contributed by atoms with van der Waals surface area (Å²) in [7, 11) is 3.06. The Balaban J connectivity index is 2.12. The summed E-state index contributed by atoms with van der Waals surface area (Å²) in [6, 6.07) is 3.38. The lowest BCUT2D eigenvalue weighted by atomic mass is 10.1. The van der Waals surface area contributed by atoms with Gasteiger partial charge >= 0.3 is 0 Å². The van der Waals surface area contributed by atoms with Gasteiger partial charge in [0.1, 0.15) is 11.6 Å². The van der Waals surface area contributed by atoms with E-state index >= 15 is 0 Å². The number of fused-ring (bicyclic) bond motifs is 1. The second-order valence-electron chi connectivity index (χ2n) is 5.87. The normalized spacial score (nSPS) is 12.3. The first-order valence-electron chi connectivity index (χ1n) is 8.22. The number of aromatic nitrogens is 2. The average molecular weight is 385 g/mol. The molecule has 148 valence electrons. The smallest absolute Gasteiger partial charge is 0.259 e. The number of nitrogens with two attached hydrogens (primary N) is 2. The maximum atomic E-state index is 12.6. The fourth-order valence-corrected chi connectivity index (χ4v) is 2.34. The zero-order valence-electron chi connectivity index (χ0n) is 15.8. The number of hydrogen-bond donors (Lipinski definition) is 4. The Bertz CT molecular complexity index is 944. The summed E-state index contributed by atoms with van der Waals surface area (Å²) in [5, 5.41) is 11.6. The minimum absolute atomic E-state index is 0.143. The minimum Gasteiger partial charge on any atom is -0.496 e. The van der Waals surface area contributed by atoms with Crippen LogP contribution in [-0.2, 0) is 4.79 Å². The third-order valence-corrected chi connectivity index (χ3v) is 3.65. The van der Waals surface area contributed by atoms with Crippen LogP contribution < -0.4 is 21.6 Å². The second kappa shape index (κ2) is 9.24. The molecular formula is C18H23N7O3. The summed E-state index contributed by atoms with van der Waals surface area (Å²) < 4.78 is 5.28. The van der Waals surface area contributed by atoms with Crippen molar-refractivity contribution in [3.8, 4) is 5.75 Å². The van der Waals surface area contributed by atoms with Crippen molar-refractivity contribution in [1.82, 2.24) is 25.4 Å². The van der Waals surface area contributed by atoms with Crippen LogP contribution in [0.5, 0.6) is 5.75 Å². The van der Waals surface area contributed by atoms with Gasteiger partial charge in [-0.25, -0.2) is 5.84 Å². The number of benzene rings is 1. The molecule has 10 heteroatoms. The highest BCUT2D eigenvalue weighted by Crippen LogP contribution is 2.24. The van der Waals surface area contributed by atoms with E-state index in [-0.39, 0.29) is 11.7 Å². The van der Waals surface area contributed by atoms with Crippen LogP contribution in [0.4, 0.5) is 0 Å². The zero-order valence-corrected chi connectivity index (χ0v) is 15.8. The van der Waals surface area contributed by atoms with Crippen LogP contribution in [0.1, 0.15) is 17.3 Å². The number of allylic oxidation sites excluding steroid dienone is 3. The van der Waals surface area contributed by atoms with Crippen molar-refractivity contribution < 1.29 is 14.3 Å². The molecule has 0 spiro atoms. The third-order valence-electron chi connectivity index (χ3n) is 3.65. The van der Waals surface area contributed by atoms with Crippen LogP contribution in [0, 0.1) is 0 Å². The number of carbonyl (C=O) groups is 2. The number of H-pyrrole nitrogens is 1. The summed E-state index contributed by atoms with van der Waals surface area (Å²) in [4.78, 5) is 24.8. The fourth-order valence-electron chi connectivity index (χ4n) is 2.34. The van der Waals surface area contributed by atoms with Crippen molar-refractivity contribution in [3.63, 3.8) is 0 Å². The lowest BCUT2D eigenvalue weighted by molar-refractivity contribution is -0.114. The maximum Gasteiger partial charge on any atom is 0.259 e. The van der Waals surface area contributed by atoms with E-state index in [9.17, 15) is 9.59 Å². The number of nitrogens with one attached hydrogen (secondary N) is 2. The molecule has 10 nitrogen and oxygen atoms in total. The molecule has 6 N–H and O–H groups in total. The van der Waals surface area contributed by atoms with Gasteiger partial charge in [0.15, 0.2) is 0 Å². The van der Waals surface area contributed by atoms with Crippen LogP contribution in [0.2, 0.25) is 0 Å². The molecule has 1 heterocycles. The Morgan fingerprint density at radius 3 is 2.79 bits per heavy atom. The van der Waals surface area contributed by atoms with E-state index in [4.69, 9.17) is 16.3 Å². The number of rotatable bonds is 8. The summed E-state index contributed by atoms with van der Waals surface area (Å²) in [6.07, 6.45) is 8.25. The van der Waals surface area contributed by atoms with Gasteiger partial charge in [0.05, 0.1) is 24.4 Å². The Morgan fingerprint density at radius 1 is 1.39 bits per heavy atom. The first-order valence-corrected chi connectivity index (χ1v) is 8.22. The SMILES string of the molecule is COc1cc2n[nH]cc2cc1C(=O)N/C(C)=C/C=C\N(C=O)/C(N)=C/N(C)N. The molecule has 0 aliphatic carbocycles. The summed E-state index contributed by atoms with van der Waals surface area (Å²) in [5.41, 5.74) is 7.37. The number of carbonyl (C=O) groups excluding carboxylic acids is 2. The van der Waals surface area contributed by atoms with E-state index in [2.05, 4.69) is 15.5 Å². The van der Waals surface area contributed by atoms with E-state index < -0.39 is 0 Å². The highest BCUT2D eigenvalue weighted by molar-refractivity contribution is 6.01. The quantitative estimate of drug-likeness (QED) is 0.227. The van der Waals surface area contributed by atoms with E-state index in [0.717, 1.165) is 10.3 Å². The molecule has 0 fully saturated rings. The largest absolute Gasteiger partial charge is 0.496 e. The summed E-state index contributed by atoms with van der Waals surface area (Å²) in [5.74, 6) is 5.68. The van der Waals surface area contributed by atoms with Crippen molar-refractivity contribution in [2.24, 2.45) is 11.6 Å². The van der Waals surface area contributed by atoms with Crippen molar-refractivity contribution in [3.05, 3.63) is 60.0 Å². The van der Waals surface area contributed by atoms with E-state index in [1.165, 1.54) is 24.5 Å². The number of nitrogens with zero attached hydrogens (tertiary/aromatic N) is 3. The summed E-state index contributed by atoms with van der Waals surface area (Å²) in [6.45, 7) is 1.71. The van der Waals surface area contributed by atoms with Gasteiger partial charge < -0.3 is 20.8 Å². The van der Waals surface area contributed by atoms with E-state index in [0.29, 0.717) is 28.9 Å². The van der Waals surface area contributed by atoms with Crippen LogP contribution in [0.15, 0.2) is 54.4 Å². The maximum absolute atomic E-state index is 12.6. The van der Waals surface area contributed by atoms with Gasteiger partial charge in [-0.2, -0.15) is 5.10 Å². The molecule has 0 radical (unpaired) electrons. The minimum atomic E-state index is -0.335. The Hall–Kier alpha value is -3.79. The molecule has 1 aromatic heterocycles. The second-order valence-corrected chi connectivity index (χ2v) is 5.87. The van der Waals surface area contributed by atoms with Crippen LogP contribution in [-0.4, -0.2) is 46.6 Å². The highest BCUT2D eigenvalue weighted by Gasteiger charge is 2.14. The predicted octanol–water partition coefficient (Wildman–Crippen LogP) is 0.740. The van der Waals surface area contributed by atoms with Gasteiger partial charge in [-0.1, -0.05) is 0 Å². The Kier molecular flexibility index (Phi) is 6.77. The molecule has 28 heavy (non-hydrogen) atoms. The highest BCUT2D eigenvalue weighted by atomic mass is 16.5.